The Labute approximate surface area is 173 Å². The van der Waals surface area contributed by atoms with Crippen LogP contribution in [-0.4, -0.2) is 17.6 Å². The van der Waals surface area contributed by atoms with Crippen LogP contribution in [0.1, 0.15) is 29.0 Å². The largest absolute Gasteiger partial charge is 0.497 e. The Morgan fingerprint density at radius 3 is 2.67 bits per heavy atom. The minimum atomic E-state index is -0.241. The predicted octanol–water partition coefficient (Wildman–Crippen LogP) is 5.31. The summed E-state index contributed by atoms with van der Waals surface area (Å²) in [6.45, 7) is 0.557. The summed E-state index contributed by atoms with van der Waals surface area (Å²) in [6, 6.07) is 20.5. The van der Waals surface area contributed by atoms with E-state index in [4.69, 9.17) is 4.74 Å². The number of nitrogens with one attached hydrogen (secondary N) is 1. The molecule has 0 fully saturated rings. The van der Waals surface area contributed by atoms with Gasteiger partial charge in [-0.3, -0.25) is 4.79 Å². The van der Waals surface area contributed by atoms with Crippen molar-refractivity contribution in [1.82, 2.24) is 4.57 Å². The Kier molecular flexibility index (Phi) is 4.51. The average molecular weight is 400 g/mol. The first-order valence-corrected chi connectivity index (χ1v) is 9.92. The van der Waals surface area contributed by atoms with E-state index in [9.17, 15) is 9.18 Å². The highest BCUT2D eigenvalue weighted by Gasteiger charge is 2.27. The molecule has 150 valence electrons. The number of anilines is 1. The van der Waals surface area contributed by atoms with Gasteiger partial charge in [-0.2, -0.15) is 0 Å². The quantitative estimate of drug-likeness (QED) is 0.504. The number of methoxy groups -OCH3 is 1. The zero-order valence-electron chi connectivity index (χ0n) is 16.6. The first-order valence-electron chi connectivity index (χ1n) is 9.92. The molecule has 4 nitrogen and oxygen atoms in total. The van der Waals surface area contributed by atoms with E-state index in [1.807, 2.05) is 48.5 Å². The van der Waals surface area contributed by atoms with Crippen molar-refractivity contribution in [3.8, 4) is 5.75 Å². The minimum Gasteiger partial charge on any atom is -0.497 e. The van der Waals surface area contributed by atoms with Gasteiger partial charge in [-0.25, -0.2) is 4.39 Å². The molecule has 3 aromatic carbocycles. The second-order valence-corrected chi connectivity index (χ2v) is 7.62. The highest BCUT2D eigenvalue weighted by molar-refractivity contribution is 6.06. The molecule has 0 bridgehead atoms. The van der Waals surface area contributed by atoms with Gasteiger partial charge in [-0.15, -0.1) is 0 Å². The molecule has 0 aliphatic carbocycles. The maximum Gasteiger partial charge on any atom is 0.225 e. The number of ether oxygens (including phenoxy) is 1. The molecule has 2 heterocycles. The van der Waals surface area contributed by atoms with Crippen LogP contribution in [0.4, 0.5) is 10.1 Å². The summed E-state index contributed by atoms with van der Waals surface area (Å²) in [4.78, 5) is 12.6. The zero-order valence-corrected chi connectivity index (χ0v) is 16.6. The molecule has 1 unspecified atom stereocenters. The fourth-order valence-corrected chi connectivity index (χ4v) is 4.35. The van der Waals surface area contributed by atoms with E-state index < -0.39 is 0 Å². The third-order valence-electron chi connectivity index (χ3n) is 5.73. The topological polar surface area (TPSA) is 43.3 Å². The molecule has 0 radical (unpaired) electrons. The molecule has 1 atom stereocenters. The summed E-state index contributed by atoms with van der Waals surface area (Å²) in [5.74, 6) is 0.465. The number of hydrogen-bond acceptors (Lipinski definition) is 2. The molecule has 0 saturated carbocycles. The van der Waals surface area contributed by atoms with Crippen LogP contribution in [0.15, 0.2) is 72.9 Å². The molecular weight excluding hydrogens is 379 g/mol. The molecule has 4 aromatic rings. The lowest BCUT2D eigenvalue weighted by Gasteiger charge is -2.15. The van der Waals surface area contributed by atoms with Crippen molar-refractivity contribution >= 4 is 22.5 Å². The number of benzene rings is 3. The SMILES string of the molecule is COc1ccc(C2CC(=O)Nc3cccc4c3c2cn4Cc2cccc(F)c2)cc1. The monoisotopic (exact) mass is 400 g/mol. The molecule has 0 spiro atoms. The van der Waals surface area contributed by atoms with E-state index in [2.05, 4.69) is 16.1 Å². The van der Waals surface area contributed by atoms with Crippen LogP contribution >= 0.6 is 0 Å². The summed E-state index contributed by atoms with van der Waals surface area (Å²) < 4.78 is 21.1. The molecule has 1 N–H and O–H groups in total. The van der Waals surface area contributed by atoms with E-state index >= 15 is 0 Å². The van der Waals surface area contributed by atoms with Crippen molar-refractivity contribution in [2.45, 2.75) is 18.9 Å². The van der Waals surface area contributed by atoms with E-state index in [0.717, 1.165) is 39.0 Å². The van der Waals surface area contributed by atoms with Crippen molar-refractivity contribution < 1.29 is 13.9 Å². The van der Waals surface area contributed by atoms with Crippen LogP contribution < -0.4 is 10.1 Å². The van der Waals surface area contributed by atoms with Crippen LogP contribution in [0.3, 0.4) is 0 Å². The highest BCUT2D eigenvalue weighted by atomic mass is 19.1. The fourth-order valence-electron chi connectivity index (χ4n) is 4.35. The number of nitrogens with zero attached hydrogens (tertiary/aromatic N) is 1. The molecule has 0 saturated heterocycles. The van der Waals surface area contributed by atoms with Gasteiger partial charge in [0.25, 0.3) is 0 Å². The summed E-state index contributed by atoms with van der Waals surface area (Å²) in [7, 11) is 1.64. The van der Waals surface area contributed by atoms with Crippen molar-refractivity contribution in [1.29, 1.82) is 0 Å². The van der Waals surface area contributed by atoms with Gasteiger partial charge in [0.05, 0.1) is 18.3 Å². The van der Waals surface area contributed by atoms with Crippen LogP contribution in [-0.2, 0) is 11.3 Å². The maximum absolute atomic E-state index is 13.7. The number of carbonyl (C=O) groups is 1. The highest BCUT2D eigenvalue weighted by Crippen LogP contribution is 2.41. The third-order valence-corrected chi connectivity index (χ3v) is 5.73. The van der Waals surface area contributed by atoms with Gasteiger partial charge < -0.3 is 14.6 Å². The number of amides is 1. The fraction of sp³-hybridized carbons (Fsp3) is 0.160. The lowest BCUT2D eigenvalue weighted by molar-refractivity contribution is -0.116. The number of halogens is 1. The molecule has 1 aliphatic rings. The second-order valence-electron chi connectivity index (χ2n) is 7.62. The molecule has 30 heavy (non-hydrogen) atoms. The minimum absolute atomic E-state index is 0.00352. The Morgan fingerprint density at radius 1 is 1.10 bits per heavy atom. The number of rotatable bonds is 4. The van der Waals surface area contributed by atoms with Gasteiger partial charge in [0.1, 0.15) is 11.6 Å². The lowest BCUT2D eigenvalue weighted by Crippen LogP contribution is -2.14. The van der Waals surface area contributed by atoms with Gasteiger partial charge in [0.2, 0.25) is 5.91 Å². The number of carbonyl (C=O) groups excluding carboxylic acids is 1. The predicted molar refractivity (Wildman–Crippen MR) is 116 cm³/mol. The summed E-state index contributed by atoms with van der Waals surface area (Å²) in [5, 5.41) is 4.10. The summed E-state index contributed by atoms with van der Waals surface area (Å²) in [6.07, 6.45) is 2.47. The number of aromatic nitrogens is 1. The Balaban J connectivity index is 1.66. The van der Waals surface area contributed by atoms with Crippen molar-refractivity contribution in [2.75, 3.05) is 12.4 Å². The van der Waals surface area contributed by atoms with Gasteiger partial charge in [-0.1, -0.05) is 30.3 Å². The third kappa shape index (κ3) is 3.22. The van der Waals surface area contributed by atoms with E-state index in [1.165, 1.54) is 6.07 Å². The molecule has 5 heteroatoms. The van der Waals surface area contributed by atoms with Crippen LogP contribution in [0, 0.1) is 5.82 Å². The van der Waals surface area contributed by atoms with Crippen molar-refractivity contribution in [3.05, 3.63) is 95.4 Å². The van der Waals surface area contributed by atoms with Gasteiger partial charge in [-0.05, 0) is 53.1 Å². The normalized spacial score (nSPS) is 15.7. The van der Waals surface area contributed by atoms with Crippen molar-refractivity contribution in [2.24, 2.45) is 0 Å². The molecule has 1 aromatic heterocycles. The average Bonchev–Trinajstić information content (AvgIpc) is 3.04. The van der Waals surface area contributed by atoms with Crippen LogP contribution in [0.2, 0.25) is 0 Å². The van der Waals surface area contributed by atoms with E-state index in [1.54, 1.807) is 19.2 Å². The Hall–Kier alpha value is -3.60. The first kappa shape index (κ1) is 18.4. The summed E-state index contributed by atoms with van der Waals surface area (Å²) in [5.41, 5.74) is 4.90. The summed E-state index contributed by atoms with van der Waals surface area (Å²) >= 11 is 0. The van der Waals surface area contributed by atoms with E-state index in [0.29, 0.717) is 13.0 Å². The van der Waals surface area contributed by atoms with Gasteiger partial charge >= 0.3 is 0 Å². The van der Waals surface area contributed by atoms with Crippen LogP contribution in [0.25, 0.3) is 10.9 Å². The van der Waals surface area contributed by atoms with Gasteiger partial charge in [0.15, 0.2) is 0 Å². The zero-order chi connectivity index (χ0) is 20.7. The van der Waals surface area contributed by atoms with Crippen LogP contribution in [0.5, 0.6) is 5.75 Å². The maximum atomic E-state index is 13.7. The van der Waals surface area contributed by atoms with Gasteiger partial charge in [0, 0.05) is 30.5 Å². The molecule has 1 amide bonds. The second kappa shape index (κ2) is 7.34. The first-order chi connectivity index (χ1) is 14.6. The molecule has 5 rings (SSSR count). The smallest absolute Gasteiger partial charge is 0.225 e. The Morgan fingerprint density at radius 2 is 1.90 bits per heavy atom. The molecule has 1 aliphatic heterocycles. The van der Waals surface area contributed by atoms with Crippen molar-refractivity contribution in [3.63, 3.8) is 0 Å². The Bertz CT molecular complexity index is 1240. The lowest BCUT2D eigenvalue weighted by atomic mass is 9.88. The molecular formula is C25H21FN2O2. The number of hydrogen-bond donors (Lipinski definition) is 1. The van der Waals surface area contributed by atoms with E-state index in [-0.39, 0.29) is 17.6 Å². The standard InChI is InChI=1S/C25H21FN2O2/c1-30-19-10-8-17(9-11-19)20-13-24(29)27-22-6-3-7-23-25(22)21(20)15-28(23)14-16-4-2-5-18(26)12-16/h2-12,15,20H,13-14H2,1H3,(H,27,29).